The standard InChI is InChI=1S/C24H28N8O3S/c1-3-32-23(35)20(36-24(32)19(14-26)22(34)27-8-7-25)15-28-17-5-4-6-18(13-17)29-21(33)16-31-11-9-30(2)10-12-31/h4-6,13,15,28H,3,8-12,16H2,1-2H3,(H,27,34)(H,29,33)/b20-15+,24-19-. The summed E-state index contributed by atoms with van der Waals surface area (Å²) >= 11 is 1.01. The third-order valence-corrected chi connectivity index (χ3v) is 6.71. The van der Waals surface area contributed by atoms with Crippen molar-refractivity contribution in [2.75, 3.05) is 56.9 Å². The summed E-state index contributed by atoms with van der Waals surface area (Å²) in [5.41, 5.74) is 0.710. The second kappa shape index (κ2) is 12.7. The van der Waals surface area contributed by atoms with Crippen molar-refractivity contribution in [3.63, 3.8) is 0 Å². The Balaban J connectivity index is 1.77. The number of thiazole rings is 1. The van der Waals surface area contributed by atoms with Crippen LogP contribution in [-0.2, 0) is 16.1 Å². The first-order chi connectivity index (χ1) is 17.4. The maximum Gasteiger partial charge on any atom is 0.270 e. The molecule has 0 bridgehead atoms. The van der Waals surface area contributed by atoms with Gasteiger partial charge in [-0.3, -0.25) is 23.9 Å². The minimum absolute atomic E-state index is 0.0938. The third-order valence-electron chi connectivity index (χ3n) is 5.58. The van der Waals surface area contributed by atoms with Crippen molar-refractivity contribution in [1.82, 2.24) is 19.7 Å². The summed E-state index contributed by atoms with van der Waals surface area (Å²) in [6.45, 7) is 5.67. The van der Waals surface area contributed by atoms with E-state index in [4.69, 9.17) is 5.26 Å². The predicted molar refractivity (Wildman–Crippen MR) is 138 cm³/mol. The molecule has 12 heteroatoms. The summed E-state index contributed by atoms with van der Waals surface area (Å²) in [6, 6.07) is 10.7. The van der Waals surface area contributed by atoms with E-state index in [2.05, 4.69) is 32.8 Å². The van der Waals surface area contributed by atoms with Crippen LogP contribution in [0.1, 0.15) is 6.92 Å². The Labute approximate surface area is 212 Å². The fraction of sp³-hybridized carbons (Fsp3) is 0.375. The molecule has 1 saturated heterocycles. The van der Waals surface area contributed by atoms with Crippen LogP contribution in [0.4, 0.5) is 11.4 Å². The van der Waals surface area contributed by atoms with E-state index in [0.29, 0.717) is 22.5 Å². The molecule has 36 heavy (non-hydrogen) atoms. The van der Waals surface area contributed by atoms with Gasteiger partial charge in [-0.15, -0.1) is 11.3 Å². The number of carbonyl (C=O) groups excluding carboxylic acids is 2. The molecular weight excluding hydrogens is 480 g/mol. The van der Waals surface area contributed by atoms with Crippen LogP contribution in [0, 0.1) is 22.7 Å². The monoisotopic (exact) mass is 508 g/mol. The highest BCUT2D eigenvalue weighted by Crippen LogP contribution is 2.15. The van der Waals surface area contributed by atoms with E-state index in [1.165, 1.54) is 10.8 Å². The molecule has 1 aromatic heterocycles. The summed E-state index contributed by atoms with van der Waals surface area (Å²) in [5, 5.41) is 26.5. The zero-order chi connectivity index (χ0) is 26.1. The molecule has 1 aliphatic rings. The molecular formula is C24H28N8O3S. The van der Waals surface area contributed by atoms with Gasteiger partial charge in [0.25, 0.3) is 11.5 Å². The van der Waals surface area contributed by atoms with Crippen molar-refractivity contribution in [1.29, 1.82) is 10.5 Å². The van der Waals surface area contributed by atoms with Crippen LogP contribution < -0.4 is 30.7 Å². The second-order valence-corrected chi connectivity index (χ2v) is 9.18. The van der Waals surface area contributed by atoms with Gasteiger partial charge in [-0.2, -0.15) is 10.5 Å². The van der Waals surface area contributed by atoms with Crippen molar-refractivity contribution in [2.24, 2.45) is 0 Å². The van der Waals surface area contributed by atoms with Crippen molar-refractivity contribution < 1.29 is 9.59 Å². The van der Waals surface area contributed by atoms with E-state index in [1.54, 1.807) is 37.3 Å². The van der Waals surface area contributed by atoms with Gasteiger partial charge < -0.3 is 20.9 Å². The quantitative estimate of drug-likeness (QED) is 0.396. The van der Waals surface area contributed by atoms with Crippen LogP contribution in [0.3, 0.4) is 0 Å². The lowest BCUT2D eigenvalue weighted by Crippen LogP contribution is -2.47. The highest BCUT2D eigenvalue weighted by molar-refractivity contribution is 7.07. The first kappa shape index (κ1) is 26.6. The zero-order valence-corrected chi connectivity index (χ0v) is 21.0. The number of nitrogens with one attached hydrogen (secondary N) is 3. The van der Waals surface area contributed by atoms with E-state index < -0.39 is 5.91 Å². The number of nitriles is 2. The molecule has 3 N–H and O–H groups in total. The van der Waals surface area contributed by atoms with Crippen molar-refractivity contribution in [3.8, 4) is 12.1 Å². The Morgan fingerprint density at radius 3 is 2.56 bits per heavy atom. The van der Waals surface area contributed by atoms with Gasteiger partial charge in [-0.1, -0.05) is 6.07 Å². The van der Waals surface area contributed by atoms with Crippen LogP contribution >= 0.6 is 11.3 Å². The third kappa shape index (κ3) is 6.79. The maximum atomic E-state index is 12.9. The zero-order valence-electron chi connectivity index (χ0n) is 20.2. The highest BCUT2D eigenvalue weighted by Gasteiger charge is 2.17. The number of amides is 2. The number of piperazine rings is 1. The Morgan fingerprint density at radius 2 is 1.89 bits per heavy atom. The number of hydrogen-bond donors (Lipinski definition) is 3. The number of anilines is 2. The molecule has 0 aliphatic carbocycles. The number of likely N-dealkylation sites (N-methyl/N-ethyl adjacent to an activating group) is 1. The molecule has 1 fully saturated rings. The summed E-state index contributed by atoms with van der Waals surface area (Å²) in [4.78, 5) is 41.9. The van der Waals surface area contributed by atoms with Crippen molar-refractivity contribution in [3.05, 3.63) is 43.8 Å². The Hall–Kier alpha value is -3.97. The lowest BCUT2D eigenvalue weighted by molar-refractivity contribution is -0.117. The van der Waals surface area contributed by atoms with E-state index in [-0.39, 0.29) is 34.8 Å². The van der Waals surface area contributed by atoms with Gasteiger partial charge >= 0.3 is 0 Å². The van der Waals surface area contributed by atoms with Gasteiger partial charge in [0, 0.05) is 50.3 Å². The number of aromatic nitrogens is 1. The summed E-state index contributed by atoms with van der Waals surface area (Å²) < 4.78 is 1.87. The predicted octanol–water partition coefficient (Wildman–Crippen LogP) is -0.720. The van der Waals surface area contributed by atoms with Gasteiger partial charge in [0.05, 0.1) is 12.6 Å². The molecule has 188 valence electrons. The molecule has 1 aromatic carbocycles. The van der Waals surface area contributed by atoms with Gasteiger partial charge in [0.2, 0.25) is 5.91 Å². The van der Waals surface area contributed by atoms with Gasteiger partial charge in [-0.05, 0) is 32.2 Å². The molecule has 2 heterocycles. The van der Waals surface area contributed by atoms with Crippen LogP contribution in [-0.4, -0.2) is 72.5 Å². The molecule has 0 atom stereocenters. The summed E-state index contributed by atoms with van der Waals surface area (Å²) in [7, 11) is 2.07. The van der Waals surface area contributed by atoms with E-state index in [1.807, 2.05) is 6.07 Å². The van der Waals surface area contributed by atoms with Crippen LogP contribution in [0.5, 0.6) is 0 Å². The first-order valence-corrected chi connectivity index (χ1v) is 12.2. The Morgan fingerprint density at radius 1 is 1.17 bits per heavy atom. The minimum Gasteiger partial charge on any atom is -0.360 e. The van der Waals surface area contributed by atoms with Crippen molar-refractivity contribution in [2.45, 2.75) is 13.5 Å². The van der Waals surface area contributed by atoms with Gasteiger partial charge in [0.15, 0.2) is 5.57 Å². The lowest BCUT2D eigenvalue weighted by Gasteiger charge is -2.31. The smallest absolute Gasteiger partial charge is 0.270 e. The molecule has 1 aliphatic heterocycles. The number of rotatable bonds is 8. The number of hydrogen-bond acceptors (Lipinski definition) is 9. The Bertz CT molecular complexity index is 1370. The van der Waals surface area contributed by atoms with E-state index >= 15 is 0 Å². The van der Waals surface area contributed by atoms with E-state index in [9.17, 15) is 19.6 Å². The number of carbonyl (C=O) groups is 2. The fourth-order valence-corrected chi connectivity index (χ4v) is 4.73. The molecule has 3 rings (SSSR count). The molecule has 0 saturated carbocycles. The van der Waals surface area contributed by atoms with Crippen LogP contribution in [0.25, 0.3) is 11.8 Å². The first-order valence-electron chi connectivity index (χ1n) is 11.4. The summed E-state index contributed by atoms with van der Waals surface area (Å²) in [6.07, 6.45) is 1.51. The maximum absolute atomic E-state index is 12.9. The second-order valence-electron chi connectivity index (χ2n) is 8.15. The topological polar surface area (TPSA) is 146 Å². The molecule has 0 spiro atoms. The highest BCUT2D eigenvalue weighted by atomic mass is 32.1. The summed E-state index contributed by atoms with van der Waals surface area (Å²) in [5.74, 6) is -0.800. The molecule has 0 unspecified atom stereocenters. The van der Waals surface area contributed by atoms with Crippen LogP contribution in [0.2, 0.25) is 0 Å². The SMILES string of the molecule is CCn1c(=O)/c(=C\Nc2cccc(NC(=O)CN3CCN(C)CC3)c2)s/c1=C(/C#N)C(=O)NCC#N. The van der Waals surface area contributed by atoms with Gasteiger partial charge in [-0.25, -0.2) is 0 Å². The van der Waals surface area contributed by atoms with E-state index in [0.717, 1.165) is 37.5 Å². The largest absolute Gasteiger partial charge is 0.360 e. The van der Waals surface area contributed by atoms with Gasteiger partial charge in [0.1, 0.15) is 21.8 Å². The number of benzene rings is 1. The molecule has 0 radical (unpaired) electrons. The Kier molecular flexibility index (Phi) is 9.36. The fourth-order valence-electron chi connectivity index (χ4n) is 3.64. The molecule has 11 nitrogen and oxygen atoms in total. The molecule has 2 aromatic rings. The minimum atomic E-state index is -0.706. The normalized spacial score (nSPS) is 15.5. The average Bonchev–Trinajstić information content (AvgIpc) is 3.18. The molecule has 2 amide bonds. The number of nitrogens with zero attached hydrogens (tertiary/aromatic N) is 5. The lowest BCUT2D eigenvalue weighted by atomic mass is 10.2. The van der Waals surface area contributed by atoms with Crippen molar-refractivity contribution >= 4 is 46.3 Å². The average molecular weight is 509 g/mol. The van der Waals surface area contributed by atoms with Crippen LogP contribution in [0.15, 0.2) is 29.1 Å².